The maximum Gasteiger partial charge on any atom is 0.312 e. The van der Waals surface area contributed by atoms with Crippen LogP contribution in [0.4, 0.5) is 0 Å². The van der Waals surface area contributed by atoms with Crippen molar-refractivity contribution in [2.75, 3.05) is 0 Å². The van der Waals surface area contributed by atoms with Crippen molar-refractivity contribution < 1.29 is 19.1 Å². The zero-order valence-electron chi connectivity index (χ0n) is 17.3. The van der Waals surface area contributed by atoms with Gasteiger partial charge in [0.2, 0.25) is 5.78 Å². The molecule has 6 nitrogen and oxygen atoms in total. The lowest BCUT2D eigenvalue weighted by Crippen LogP contribution is -2.26. The van der Waals surface area contributed by atoms with E-state index in [2.05, 4.69) is 4.98 Å². The molecule has 1 aromatic heterocycles. The Kier molecular flexibility index (Phi) is 4.26. The summed E-state index contributed by atoms with van der Waals surface area (Å²) in [6, 6.07) is 21.8. The summed E-state index contributed by atoms with van der Waals surface area (Å²) in [5.41, 5.74) is 2.60. The fourth-order valence-electron chi connectivity index (χ4n) is 4.50. The molecule has 2 aliphatic heterocycles. The van der Waals surface area contributed by atoms with E-state index in [-0.39, 0.29) is 23.5 Å². The fraction of sp³-hybridized carbons (Fsp3) is 0.0741. The van der Waals surface area contributed by atoms with E-state index in [9.17, 15) is 14.4 Å². The molecule has 0 saturated carbocycles. The maximum absolute atomic E-state index is 13.1. The molecule has 0 saturated heterocycles. The first-order valence-corrected chi connectivity index (χ1v) is 10.6. The standard InChI is InChI=1S/C27H17NO5/c29-23-14-18(19-13-16-8-4-5-9-20(16)28-27(19)31)24-21(32-23)11-10-17-25(30)22(33-26(17)24)12-15-6-2-1-3-7-15/h1-13,18H,14H2,(H,28,31)/b22-12-/t18-/m0/s1. The summed E-state index contributed by atoms with van der Waals surface area (Å²) in [7, 11) is 0. The number of carbonyl (C=O) groups excluding carboxylic acids is 2. The molecule has 2 aliphatic rings. The summed E-state index contributed by atoms with van der Waals surface area (Å²) in [5.74, 6) is -0.466. The van der Waals surface area contributed by atoms with Crippen LogP contribution in [0.2, 0.25) is 0 Å². The van der Waals surface area contributed by atoms with Crippen molar-refractivity contribution in [2.45, 2.75) is 12.3 Å². The van der Waals surface area contributed by atoms with Gasteiger partial charge in [-0.05, 0) is 41.3 Å². The minimum absolute atomic E-state index is 0.0276. The van der Waals surface area contributed by atoms with E-state index >= 15 is 0 Å². The number of fused-ring (bicyclic) bond motifs is 4. The molecule has 33 heavy (non-hydrogen) atoms. The van der Waals surface area contributed by atoms with E-state index in [4.69, 9.17) is 9.47 Å². The minimum atomic E-state index is -0.603. The number of aromatic nitrogens is 1. The molecule has 3 aromatic carbocycles. The topological polar surface area (TPSA) is 85.5 Å². The molecule has 0 fully saturated rings. The van der Waals surface area contributed by atoms with Gasteiger partial charge in [-0.25, -0.2) is 0 Å². The van der Waals surface area contributed by atoms with E-state index in [1.165, 1.54) is 0 Å². The van der Waals surface area contributed by atoms with E-state index in [1.807, 2.05) is 54.6 Å². The zero-order valence-corrected chi connectivity index (χ0v) is 17.3. The van der Waals surface area contributed by atoms with E-state index in [1.54, 1.807) is 24.3 Å². The number of ketones is 1. The van der Waals surface area contributed by atoms with Gasteiger partial charge in [-0.15, -0.1) is 0 Å². The quantitative estimate of drug-likeness (QED) is 0.283. The smallest absolute Gasteiger partial charge is 0.312 e. The Bertz CT molecular complexity index is 1550. The Hall–Kier alpha value is -4.45. The second kappa shape index (κ2) is 7.31. The molecule has 6 rings (SSSR count). The normalized spacial score (nSPS) is 18.1. The first-order chi connectivity index (χ1) is 16.1. The number of pyridine rings is 1. The molecule has 0 unspecified atom stereocenters. The maximum atomic E-state index is 13.1. The van der Waals surface area contributed by atoms with Crippen molar-refractivity contribution in [2.24, 2.45) is 0 Å². The number of esters is 1. The minimum Gasteiger partial charge on any atom is -0.452 e. The molecule has 0 amide bonds. The van der Waals surface area contributed by atoms with Gasteiger partial charge < -0.3 is 14.5 Å². The number of allylic oxidation sites excluding steroid dienone is 1. The number of nitrogens with one attached hydrogen (secondary N) is 1. The summed E-state index contributed by atoms with van der Waals surface area (Å²) in [5, 5.41) is 0.849. The van der Waals surface area contributed by atoms with Crippen LogP contribution in [0.3, 0.4) is 0 Å². The molecule has 0 bridgehead atoms. The number of benzene rings is 3. The van der Waals surface area contributed by atoms with Gasteiger partial charge in [0.25, 0.3) is 5.56 Å². The van der Waals surface area contributed by atoms with Crippen LogP contribution in [0, 0.1) is 0 Å². The third-order valence-electron chi connectivity index (χ3n) is 6.03. The lowest BCUT2D eigenvalue weighted by Gasteiger charge is -2.26. The van der Waals surface area contributed by atoms with Crippen molar-refractivity contribution in [3.8, 4) is 11.5 Å². The van der Waals surface area contributed by atoms with Crippen molar-refractivity contribution in [3.05, 3.63) is 111 Å². The molecule has 0 aliphatic carbocycles. The SMILES string of the molecule is O=C1C[C@@H](c2cc3ccccc3[nH]c2=O)c2c(ccc3c2O/C(=C\c2ccccc2)C3=O)O1. The Balaban J connectivity index is 1.52. The number of para-hydroxylation sites is 1. The number of H-pyrrole nitrogens is 1. The van der Waals surface area contributed by atoms with Crippen LogP contribution in [0.15, 0.2) is 83.4 Å². The van der Waals surface area contributed by atoms with Gasteiger partial charge >= 0.3 is 5.97 Å². The Labute approximate surface area is 188 Å². The van der Waals surface area contributed by atoms with Gasteiger partial charge in [0.1, 0.15) is 11.5 Å². The molecule has 0 radical (unpaired) electrons. The van der Waals surface area contributed by atoms with E-state index in [0.717, 1.165) is 10.9 Å². The predicted molar refractivity (Wildman–Crippen MR) is 122 cm³/mol. The van der Waals surface area contributed by atoms with Gasteiger partial charge in [-0.3, -0.25) is 14.4 Å². The van der Waals surface area contributed by atoms with Crippen LogP contribution >= 0.6 is 0 Å². The highest BCUT2D eigenvalue weighted by molar-refractivity contribution is 6.15. The van der Waals surface area contributed by atoms with E-state index < -0.39 is 11.9 Å². The third-order valence-corrected chi connectivity index (χ3v) is 6.03. The lowest BCUT2D eigenvalue weighted by atomic mass is 9.85. The molecule has 1 atom stereocenters. The summed E-state index contributed by atoms with van der Waals surface area (Å²) < 4.78 is 11.5. The summed E-state index contributed by atoms with van der Waals surface area (Å²) in [6.07, 6.45) is 1.65. The molecule has 3 heterocycles. The second-order valence-electron chi connectivity index (χ2n) is 8.08. The lowest BCUT2D eigenvalue weighted by molar-refractivity contribution is -0.135. The van der Waals surface area contributed by atoms with Crippen LogP contribution in [0.5, 0.6) is 11.5 Å². The molecule has 1 N–H and O–H groups in total. The first-order valence-electron chi connectivity index (χ1n) is 10.6. The van der Waals surface area contributed by atoms with Gasteiger partial charge in [0.15, 0.2) is 5.76 Å². The number of Topliss-reactive ketones (excluding diaryl/α,β-unsaturated/α-hetero) is 1. The molecule has 6 heteroatoms. The Morgan fingerprint density at radius 3 is 2.52 bits per heavy atom. The van der Waals surface area contributed by atoms with Crippen molar-refractivity contribution in [1.82, 2.24) is 4.98 Å². The number of ether oxygens (including phenoxy) is 2. The Morgan fingerprint density at radius 2 is 1.67 bits per heavy atom. The number of carbonyl (C=O) groups is 2. The average Bonchev–Trinajstić information content (AvgIpc) is 3.13. The number of hydrogen-bond donors (Lipinski definition) is 1. The first kappa shape index (κ1) is 19.3. The highest BCUT2D eigenvalue weighted by Crippen LogP contribution is 2.48. The third kappa shape index (κ3) is 3.15. The molecule has 0 spiro atoms. The Morgan fingerprint density at radius 1 is 0.879 bits per heavy atom. The molecular weight excluding hydrogens is 418 g/mol. The van der Waals surface area contributed by atoms with Gasteiger partial charge in [-0.1, -0.05) is 48.5 Å². The van der Waals surface area contributed by atoms with Crippen molar-refractivity contribution in [1.29, 1.82) is 0 Å². The molecule has 160 valence electrons. The summed E-state index contributed by atoms with van der Waals surface area (Å²) >= 11 is 0. The average molecular weight is 435 g/mol. The van der Waals surface area contributed by atoms with Crippen LogP contribution in [-0.2, 0) is 4.79 Å². The number of hydrogen-bond acceptors (Lipinski definition) is 5. The summed E-state index contributed by atoms with van der Waals surface area (Å²) in [4.78, 5) is 41.4. The van der Waals surface area contributed by atoms with Gasteiger partial charge in [0.05, 0.1) is 12.0 Å². The monoisotopic (exact) mass is 435 g/mol. The van der Waals surface area contributed by atoms with Gasteiger partial charge in [0, 0.05) is 22.6 Å². The number of rotatable bonds is 2. The van der Waals surface area contributed by atoms with Crippen LogP contribution in [0.25, 0.3) is 17.0 Å². The van der Waals surface area contributed by atoms with E-state index in [0.29, 0.717) is 33.7 Å². The predicted octanol–water partition coefficient (Wildman–Crippen LogP) is 4.59. The van der Waals surface area contributed by atoms with Crippen LogP contribution in [0.1, 0.15) is 39.4 Å². The number of aromatic amines is 1. The van der Waals surface area contributed by atoms with Crippen LogP contribution < -0.4 is 15.0 Å². The van der Waals surface area contributed by atoms with Crippen LogP contribution in [-0.4, -0.2) is 16.7 Å². The van der Waals surface area contributed by atoms with Crippen molar-refractivity contribution in [3.63, 3.8) is 0 Å². The molecular formula is C27H17NO5. The van der Waals surface area contributed by atoms with Gasteiger partial charge in [-0.2, -0.15) is 0 Å². The highest BCUT2D eigenvalue weighted by atomic mass is 16.5. The zero-order chi connectivity index (χ0) is 22.5. The second-order valence-corrected chi connectivity index (χ2v) is 8.08. The highest BCUT2D eigenvalue weighted by Gasteiger charge is 2.39. The fourth-order valence-corrected chi connectivity index (χ4v) is 4.50. The summed E-state index contributed by atoms with van der Waals surface area (Å²) in [6.45, 7) is 0. The molecule has 4 aromatic rings. The largest absolute Gasteiger partial charge is 0.452 e. The van der Waals surface area contributed by atoms with Crippen molar-refractivity contribution >= 4 is 28.7 Å².